The van der Waals surface area contributed by atoms with Crippen molar-refractivity contribution in [1.82, 2.24) is 0 Å². The maximum atomic E-state index is 12.9. The fourth-order valence-corrected chi connectivity index (χ4v) is 5.12. The van der Waals surface area contributed by atoms with E-state index in [9.17, 15) is 13.2 Å². The molecule has 1 N–H and O–H groups in total. The zero-order chi connectivity index (χ0) is 20.4. The molecule has 1 saturated carbocycles. The molecule has 0 aromatic heterocycles. The number of carbonyl (C=O) groups is 1. The first-order valence-corrected chi connectivity index (χ1v) is 10.7. The van der Waals surface area contributed by atoms with Crippen LogP contribution in [-0.4, -0.2) is 20.1 Å². The highest BCUT2D eigenvalue weighted by Crippen LogP contribution is 2.38. The van der Waals surface area contributed by atoms with Crippen LogP contribution in [0.3, 0.4) is 0 Å². The van der Waals surface area contributed by atoms with E-state index in [0.717, 1.165) is 5.56 Å². The predicted molar refractivity (Wildman–Crippen MR) is 108 cm³/mol. The minimum absolute atomic E-state index is 0.123. The van der Waals surface area contributed by atoms with Crippen LogP contribution in [0.4, 0.5) is 5.69 Å². The molecular weight excluding hydrogens is 358 g/mol. The number of carbonyl (C=O) groups excluding carboxylic acids is 1. The fourth-order valence-electron chi connectivity index (χ4n) is 3.48. The molecule has 1 aliphatic carbocycles. The molecule has 3 rings (SSSR count). The Kier molecular flexibility index (Phi) is 5.39. The lowest BCUT2D eigenvalue weighted by atomic mass is 9.90. The van der Waals surface area contributed by atoms with Crippen molar-refractivity contribution in [2.24, 2.45) is 11.8 Å². The highest BCUT2D eigenvalue weighted by molar-refractivity contribution is 7.91. The molecule has 142 valence electrons. The van der Waals surface area contributed by atoms with Gasteiger partial charge in [-0.2, -0.15) is 0 Å². The van der Waals surface area contributed by atoms with E-state index >= 15 is 0 Å². The Balaban J connectivity index is 1.77. The molecule has 2 unspecified atom stereocenters. The number of nitrogens with one attached hydrogen (secondary N) is 1. The summed E-state index contributed by atoms with van der Waals surface area (Å²) < 4.78 is 34.6. The second-order valence-electron chi connectivity index (χ2n) is 7.01. The third-order valence-corrected chi connectivity index (χ3v) is 6.82. The van der Waals surface area contributed by atoms with E-state index in [-0.39, 0.29) is 16.2 Å². The van der Waals surface area contributed by atoms with Crippen LogP contribution >= 0.6 is 0 Å². The zero-order valence-electron chi connectivity index (χ0n) is 16.4. The van der Waals surface area contributed by atoms with Crippen molar-refractivity contribution in [3.8, 4) is 0 Å². The van der Waals surface area contributed by atoms with Crippen molar-refractivity contribution < 1.29 is 14.6 Å². The van der Waals surface area contributed by atoms with Gasteiger partial charge in [-0.1, -0.05) is 48.9 Å². The van der Waals surface area contributed by atoms with Crippen LogP contribution in [0.25, 0.3) is 0 Å². The number of aryl methyl sites for hydroxylation is 1. The van der Waals surface area contributed by atoms with E-state index in [0.29, 0.717) is 24.9 Å². The van der Waals surface area contributed by atoms with E-state index < -0.39 is 27.6 Å². The molecule has 0 spiro atoms. The number of amides is 1. The van der Waals surface area contributed by atoms with Crippen LogP contribution in [0.15, 0.2) is 71.6 Å². The first-order chi connectivity index (χ1) is 13.2. The molecule has 0 saturated heterocycles. The summed E-state index contributed by atoms with van der Waals surface area (Å²) in [5.74, 6) is -2.33. The van der Waals surface area contributed by atoms with Gasteiger partial charge in [0.25, 0.3) is 5.91 Å². The second kappa shape index (κ2) is 8.09. The van der Waals surface area contributed by atoms with Crippen LogP contribution in [0.5, 0.6) is 0 Å². The minimum Gasteiger partial charge on any atom is -0.322 e. The van der Waals surface area contributed by atoms with E-state index in [1.54, 1.807) is 48.5 Å². The Morgan fingerprint density at radius 1 is 1.15 bits per heavy atom. The normalized spacial score (nSPS) is 22.9. The number of hydrogen-bond donors (Lipinski definition) is 1. The summed E-state index contributed by atoms with van der Waals surface area (Å²) in [6.07, 6.45) is 1.73. The molecule has 2 aromatic carbocycles. The maximum absolute atomic E-state index is 12.9. The number of benzene rings is 2. The van der Waals surface area contributed by atoms with E-state index in [4.69, 9.17) is 1.37 Å². The molecule has 5 heteroatoms. The molecule has 1 amide bonds. The summed E-state index contributed by atoms with van der Waals surface area (Å²) in [6.45, 7) is 5.78. The Morgan fingerprint density at radius 2 is 1.81 bits per heavy atom. The van der Waals surface area contributed by atoms with Crippen LogP contribution in [0.2, 0.25) is 0 Å². The topological polar surface area (TPSA) is 63.2 Å². The first kappa shape index (κ1) is 18.0. The van der Waals surface area contributed by atoms with Crippen LogP contribution < -0.4 is 5.32 Å². The Labute approximate surface area is 162 Å². The van der Waals surface area contributed by atoms with Gasteiger partial charge < -0.3 is 5.32 Å². The largest absolute Gasteiger partial charge is 0.322 e. The van der Waals surface area contributed by atoms with Gasteiger partial charge in [0.15, 0.2) is 9.84 Å². The molecule has 1 fully saturated rings. The summed E-state index contributed by atoms with van der Waals surface area (Å²) in [6, 6.07) is 15.7. The fraction of sp³-hybridized carbons (Fsp3) is 0.318. The number of sulfone groups is 1. The van der Waals surface area contributed by atoms with Crippen LogP contribution in [-0.2, 0) is 14.6 Å². The number of para-hydroxylation sites is 1. The number of hydrogen-bond acceptors (Lipinski definition) is 3. The van der Waals surface area contributed by atoms with Gasteiger partial charge in [0.05, 0.1) is 10.6 Å². The Morgan fingerprint density at radius 3 is 2.48 bits per heavy atom. The van der Waals surface area contributed by atoms with Crippen LogP contribution in [0, 0.1) is 18.7 Å². The second-order valence-corrected chi connectivity index (χ2v) is 9.04. The third-order valence-electron chi connectivity index (χ3n) is 4.99. The Bertz CT molecular complexity index is 971. The van der Waals surface area contributed by atoms with E-state index in [1.165, 1.54) is 0 Å². The van der Waals surface area contributed by atoms with Gasteiger partial charge in [-0.05, 0) is 55.8 Å². The molecule has 2 atom stereocenters. The maximum Gasteiger partial charge on any atom is 0.251 e. The molecule has 2 aromatic rings. The summed E-state index contributed by atoms with van der Waals surface area (Å²) in [4.78, 5) is 12.9. The van der Waals surface area contributed by atoms with Crippen molar-refractivity contribution in [1.29, 1.82) is 0 Å². The molecule has 0 radical (unpaired) electrons. The molecule has 0 heterocycles. The molecular formula is C22H25NO3S. The molecule has 0 aliphatic heterocycles. The summed E-state index contributed by atoms with van der Waals surface area (Å²) in [5.41, 5.74) is 1.73. The number of rotatable bonds is 6. The van der Waals surface area contributed by atoms with E-state index in [2.05, 4.69) is 11.9 Å². The lowest BCUT2D eigenvalue weighted by molar-refractivity contribution is -0.113. The predicted octanol–water partition coefficient (Wildman–Crippen LogP) is 4.38. The monoisotopic (exact) mass is 384 g/mol. The van der Waals surface area contributed by atoms with Gasteiger partial charge in [0.1, 0.15) is 0 Å². The number of anilines is 1. The highest BCUT2D eigenvalue weighted by Gasteiger charge is 2.35. The van der Waals surface area contributed by atoms with E-state index in [1.807, 2.05) is 13.0 Å². The smallest absolute Gasteiger partial charge is 0.251 e. The van der Waals surface area contributed by atoms with Crippen molar-refractivity contribution in [2.45, 2.75) is 31.1 Å². The first-order valence-electron chi connectivity index (χ1n) is 9.57. The zero-order valence-corrected chi connectivity index (χ0v) is 16.3. The lowest BCUT2D eigenvalue weighted by Gasteiger charge is -2.21. The van der Waals surface area contributed by atoms with Crippen LogP contribution in [0.1, 0.15) is 26.2 Å². The molecule has 27 heavy (non-hydrogen) atoms. The molecule has 1 aliphatic rings. The Hall–Kier alpha value is -2.40. The molecule has 4 nitrogen and oxygen atoms in total. The SMILES string of the molecule is [2H]C1(C(=C)C(=O)Nc2ccccc2)CCCC1CS(=O)(=O)c1ccc(C)cc1. The average Bonchev–Trinajstić information content (AvgIpc) is 3.03. The van der Waals surface area contributed by atoms with Gasteiger partial charge in [-0.25, -0.2) is 8.42 Å². The lowest BCUT2D eigenvalue weighted by Crippen LogP contribution is -2.26. The van der Waals surface area contributed by atoms with Crippen molar-refractivity contribution in [3.63, 3.8) is 0 Å². The third kappa shape index (κ3) is 4.66. The van der Waals surface area contributed by atoms with Gasteiger partial charge >= 0.3 is 0 Å². The van der Waals surface area contributed by atoms with Gasteiger partial charge in [0, 0.05) is 12.6 Å². The quantitative estimate of drug-likeness (QED) is 0.752. The van der Waals surface area contributed by atoms with Crippen molar-refractivity contribution in [2.75, 3.05) is 11.1 Å². The highest BCUT2D eigenvalue weighted by atomic mass is 32.2. The summed E-state index contributed by atoms with van der Waals surface area (Å²) in [5, 5.41) is 2.76. The van der Waals surface area contributed by atoms with Crippen molar-refractivity contribution in [3.05, 3.63) is 72.3 Å². The van der Waals surface area contributed by atoms with Gasteiger partial charge in [-0.15, -0.1) is 0 Å². The van der Waals surface area contributed by atoms with Gasteiger partial charge in [0.2, 0.25) is 0 Å². The average molecular weight is 385 g/mol. The van der Waals surface area contributed by atoms with Crippen molar-refractivity contribution >= 4 is 21.4 Å². The standard InChI is InChI=1S/C22H25NO3S/c1-16-11-13-20(14-12-16)27(25,26)15-18-7-6-10-21(18)17(2)22(24)23-19-8-4-3-5-9-19/h3-5,8-9,11-14,18,21H,2,6-7,10,15H2,1H3,(H,23,24)/i21D. The molecule has 0 bridgehead atoms. The minimum atomic E-state index is -3.54. The summed E-state index contributed by atoms with van der Waals surface area (Å²) in [7, 11) is -3.54. The summed E-state index contributed by atoms with van der Waals surface area (Å²) >= 11 is 0. The van der Waals surface area contributed by atoms with Gasteiger partial charge in [-0.3, -0.25) is 4.79 Å².